The first-order valence-corrected chi connectivity index (χ1v) is 7.29. The highest BCUT2D eigenvalue weighted by Crippen LogP contribution is 2.39. The summed E-state index contributed by atoms with van der Waals surface area (Å²) in [6.07, 6.45) is 2.45. The van der Waals surface area contributed by atoms with Crippen molar-refractivity contribution in [3.63, 3.8) is 0 Å². The van der Waals surface area contributed by atoms with Crippen molar-refractivity contribution in [2.24, 2.45) is 11.3 Å². The van der Waals surface area contributed by atoms with Crippen LogP contribution in [0.25, 0.3) is 0 Å². The molecule has 0 radical (unpaired) electrons. The molecule has 0 aromatic heterocycles. The van der Waals surface area contributed by atoms with Gasteiger partial charge in [0.25, 0.3) is 0 Å². The van der Waals surface area contributed by atoms with Gasteiger partial charge in [0.1, 0.15) is 5.82 Å². The van der Waals surface area contributed by atoms with Crippen LogP contribution in [0.5, 0.6) is 0 Å². The Labute approximate surface area is 120 Å². The topological polar surface area (TPSA) is 26.3 Å². The van der Waals surface area contributed by atoms with Crippen LogP contribution >= 0.6 is 0 Å². The number of halogens is 1. The van der Waals surface area contributed by atoms with Gasteiger partial charge in [0.05, 0.1) is 11.5 Å². The van der Waals surface area contributed by atoms with Gasteiger partial charge in [-0.15, -0.1) is 0 Å². The number of aryl methyl sites for hydroxylation is 1. The third-order valence-electron chi connectivity index (χ3n) is 4.29. The molecule has 0 spiro atoms. The summed E-state index contributed by atoms with van der Waals surface area (Å²) in [4.78, 5) is 12.3. The van der Waals surface area contributed by atoms with Crippen molar-refractivity contribution < 1.29 is 13.9 Å². The fourth-order valence-corrected chi connectivity index (χ4v) is 2.87. The summed E-state index contributed by atoms with van der Waals surface area (Å²) in [7, 11) is 0. The summed E-state index contributed by atoms with van der Waals surface area (Å²) in [6.45, 7) is 7.65. The fraction of sp³-hybridized carbons (Fsp3) is 0.588. The van der Waals surface area contributed by atoms with Crippen LogP contribution in [0.15, 0.2) is 18.2 Å². The highest BCUT2D eigenvalue weighted by atomic mass is 19.1. The Hall–Kier alpha value is -1.38. The third-order valence-corrected chi connectivity index (χ3v) is 4.29. The molecule has 1 unspecified atom stereocenters. The van der Waals surface area contributed by atoms with E-state index >= 15 is 0 Å². The molecule has 1 aliphatic rings. The van der Waals surface area contributed by atoms with Crippen LogP contribution in [0.3, 0.4) is 0 Å². The van der Waals surface area contributed by atoms with Gasteiger partial charge in [-0.05, 0) is 76.1 Å². The molecule has 1 atom stereocenters. The van der Waals surface area contributed by atoms with Gasteiger partial charge in [-0.25, -0.2) is 4.39 Å². The van der Waals surface area contributed by atoms with E-state index in [9.17, 15) is 9.18 Å². The average Bonchev–Trinajstić information content (AvgIpc) is 2.37. The van der Waals surface area contributed by atoms with Crippen molar-refractivity contribution in [1.29, 1.82) is 0 Å². The molecule has 1 aromatic rings. The first-order chi connectivity index (χ1) is 9.30. The predicted molar refractivity (Wildman–Crippen MR) is 76.9 cm³/mol. The Morgan fingerprint density at radius 1 is 1.35 bits per heavy atom. The smallest absolute Gasteiger partial charge is 0.312 e. The first kappa shape index (κ1) is 15.0. The summed E-state index contributed by atoms with van der Waals surface area (Å²) in [5.41, 5.74) is 1.73. The van der Waals surface area contributed by atoms with Gasteiger partial charge in [0.15, 0.2) is 0 Å². The quantitative estimate of drug-likeness (QED) is 0.784. The van der Waals surface area contributed by atoms with Gasteiger partial charge in [-0.1, -0.05) is 6.07 Å². The number of benzene rings is 1. The molecule has 20 heavy (non-hydrogen) atoms. The number of hydrogen-bond acceptors (Lipinski definition) is 2. The largest absolute Gasteiger partial charge is 0.463 e. The molecule has 0 saturated carbocycles. The molecular weight excluding hydrogens is 255 g/mol. The van der Waals surface area contributed by atoms with Gasteiger partial charge in [0, 0.05) is 0 Å². The number of rotatable bonds is 3. The molecule has 0 N–H and O–H groups in total. The number of ether oxygens (including phenoxy) is 1. The third kappa shape index (κ3) is 3.02. The lowest BCUT2D eigenvalue weighted by molar-refractivity contribution is -0.161. The summed E-state index contributed by atoms with van der Waals surface area (Å²) in [6, 6.07) is 4.96. The molecule has 1 aliphatic carbocycles. The van der Waals surface area contributed by atoms with Crippen LogP contribution in [0.2, 0.25) is 0 Å². The van der Waals surface area contributed by atoms with E-state index < -0.39 is 5.41 Å². The van der Waals surface area contributed by atoms with E-state index in [1.54, 1.807) is 6.07 Å². The van der Waals surface area contributed by atoms with E-state index in [-0.39, 0.29) is 23.8 Å². The molecule has 0 bridgehead atoms. The van der Waals surface area contributed by atoms with E-state index in [1.807, 2.05) is 33.8 Å². The highest BCUT2D eigenvalue weighted by molar-refractivity contribution is 5.76. The van der Waals surface area contributed by atoms with Crippen molar-refractivity contribution >= 4 is 5.97 Å². The fourth-order valence-electron chi connectivity index (χ4n) is 2.87. The number of hydrogen-bond donors (Lipinski definition) is 0. The minimum Gasteiger partial charge on any atom is -0.463 e. The number of fused-ring (bicyclic) bond motifs is 1. The number of carbonyl (C=O) groups excluding carboxylic acids is 1. The summed E-state index contributed by atoms with van der Waals surface area (Å²) < 4.78 is 18.6. The van der Waals surface area contributed by atoms with Crippen molar-refractivity contribution in [1.82, 2.24) is 0 Å². The minimum atomic E-state index is -0.504. The summed E-state index contributed by atoms with van der Waals surface area (Å²) in [5.74, 6) is -0.0737. The molecule has 0 fully saturated rings. The Bertz CT molecular complexity index is 506. The molecule has 0 saturated heterocycles. The van der Waals surface area contributed by atoms with Crippen LogP contribution < -0.4 is 0 Å². The molecule has 110 valence electrons. The molecule has 3 heteroatoms. The van der Waals surface area contributed by atoms with Crippen molar-refractivity contribution in [2.75, 3.05) is 0 Å². The van der Waals surface area contributed by atoms with E-state index in [2.05, 4.69) is 0 Å². The lowest BCUT2D eigenvalue weighted by atomic mass is 9.69. The first-order valence-electron chi connectivity index (χ1n) is 7.29. The molecule has 0 heterocycles. The van der Waals surface area contributed by atoms with Gasteiger partial charge in [-0.2, -0.15) is 0 Å². The zero-order chi connectivity index (χ0) is 14.9. The zero-order valence-electron chi connectivity index (χ0n) is 12.7. The van der Waals surface area contributed by atoms with Crippen LogP contribution in [0.1, 0.15) is 45.2 Å². The van der Waals surface area contributed by atoms with Gasteiger partial charge in [-0.3, -0.25) is 4.79 Å². The van der Waals surface area contributed by atoms with E-state index in [0.29, 0.717) is 0 Å². The molecular formula is C17H23FO2. The predicted octanol–water partition coefficient (Wildman–Crippen LogP) is 3.91. The molecule has 0 amide bonds. The monoisotopic (exact) mass is 278 g/mol. The highest BCUT2D eigenvalue weighted by Gasteiger charge is 2.40. The molecule has 2 rings (SSSR count). The second-order valence-electron chi connectivity index (χ2n) is 6.53. The Morgan fingerprint density at radius 2 is 2.05 bits per heavy atom. The van der Waals surface area contributed by atoms with Gasteiger partial charge in [0.2, 0.25) is 0 Å². The minimum absolute atomic E-state index is 0.0910. The zero-order valence-corrected chi connectivity index (χ0v) is 12.7. The van der Waals surface area contributed by atoms with Gasteiger partial charge >= 0.3 is 5.97 Å². The Kier molecular flexibility index (Phi) is 4.17. The van der Waals surface area contributed by atoms with Gasteiger partial charge < -0.3 is 4.74 Å². The normalized spacial score (nSPS) is 18.8. The number of carbonyl (C=O) groups is 1. The van der Waals surface area contributed by atoms with E-state index in [1.165, 1.54) is 6.07 Å². The summed E-state index contributed by atoms with van der Waals surface area (Å²) in [5, 5.41) is 0. The van der Waals surface area contributed by atoms with Crippen LogP contribution in [-0.2, 0) is 22.4 Å². The maximum absolute atomic E-state index is 13.2. The molecule has 1 aromatic carbocycles. The molecule has 2 nitrogen and oxygen atoms in total. The van der Waals surface area contributed by atoms with Crippen LogP contribution in [-0.4, -0.2) is 12.1 Å². The van der Waals surface area contributed by atoms with E-state index in [0.717, 1.165) is 30.4 Å². The van der Waals surface area contributed by atoms with Crippen LogP contribution in [0.4, 0.5) is 4.39 Å². The lowest BCUT2D eigenvalue weighted by Gasteiger charge is -2.36. The molecule has 0 aliphatic heterocycles. The van der Waals surface area contributed by atoms with E-state index in [4.69, 9.17) is 4.74 Å². The lowest BCUT2D eigenvalue weighted by Crippen LogP contribution is -2.38. The Morgan fingerprint density at radius 3 is 2.70 bits per heavy atom. The maximum atomic E-state index is 13.2. The summed E-state index contributed by atoms with van der Waals surface area (Å²) >= 11 is 0. The van der Waals surface area contributed by atoms with Crippen LogP contribution in [0, 0.1) is 17.2 Å². The van der Waals surface area contributed by atoms with Crippen molar-refractivity contribution in [2.45, 2.75) is 53.1 Å². The SMILES string of the molecule is CC(C)OC(=O)C(C)(C)C1CCc2cc(F)ccc2C1. The maximum Gasteiger partial charge on any atom is 0.312 e. The van der Waals surface area contributed by atoms with Crippen molar-refractivity contribution in [3.8, 4) is 0 Å². The number of esters is 1. The average molecular weight is 278 g/mol. The second kappa shape index (κ2) is 5.55. The van der Waals surface area contributed by atoms with Crippen molar-refractivity contribution in [3.05, 3.63) is 35.1 Å². The second-order valence-corrected chi connectivity index (χ2v) is 6.53. The Balaban J connectivity index is 2.15. The standard InChI is InChI=1S/C17H23FO2/c1-11(2)20-16(19)17(3,4)14-7-5-13-10-15(18)8-6-12(13)9-14/h6,8,10-11,14H,5,7,9H2,1-4H3.